The van der Waals surface area contributed by atoms with Crippen molar-refractivity contribution in [3.05, 3.63) is 12.2 Å². The average molecular weight is 311 g/mol. The van der Waals surface area contributed by atoms with Crippen LogP contribution in [-0.4, -0.2) is 12.7 Å². The quantitative estimate of drug-likeness (QED) is 0.200. The lowest BCUT2D eigenvalue weighted by molar-refractivity contribution is 0.0651. The normalized spacial score (nSPS) is 12.5. The molecule has 0 fully saturated rings. The first-order valence-electron chi connectivity index (χ1n) is 10.0. The third kappa shape index (κ3) is 13.4. The average Bonchev–Trinajstić information content (AvgIpc) is 2.52. The highest BCUT2D eigenvalue weighted by atomic mass is 16.5. The molecule has 1 atom stereocenters. The van der Waals surface area contributed by atoms with Crippen LogP contribution >= 0.6 is 0 Å². The summed E-state index contributed by atoms with van der Waals surface area (Å²) in [6.45, 7) is 12.0. The van der Waals surface area contributed by atoms with Crippen molar-refractivity contribution in [2.45, 2.75) is 117 Å². The van der Waals surface area contributed by atoms with Crippen LogP contribution in [0.1, 0.15) is 111 Å². The van der Waals surface area contributed by atoms with Gasteiger partial charge in [0.25, 0.3) is 0 Å². The Morgan fingerprint density at radius 3 is 1.91 bits per heavy atom. The van der Waals surface area contributed by atoms with Crippen molar-refractivity contribution in [2.75, 3.05) is 6.61 Å². The van der Waals surface area contributed by atoms with E-state index in [1.807, 2.05) is 0 Å². The molecular weight excluding hydrogens is 268 g/mol. The van der Waals surface area contributed by atoms with E-state index in [4.69, 9.17) is 4.74 Å². The molecule has 0 bridgehead atoms. The predicted octanol–water partition coefficient (Wildman–Crippen LogP) is 7.45. The number of unbranched alkanes of at least 4 members (excludes halogenated alkanes) is 9. The van der Waals surface area contributed by atoms with Crippen molar-refractivity contribution in [2.24, 2.45) is 0 Å². The Labute approximate surface area is 140 Å². The Morgan fingerprint density at radius 1 is 0.727 bits per heavy atom. The summed E-state index contributed by atoms with van der Waals surface area (Å²) in [4.78, 5) is 0. The van der Waals surface area contributed by atoms with E-state index in [0.717, 1.165) is 19.4 Å². The smallest absolute Gasteiger partial charge is 0.0782 e. The minimum absolute atomic E-state index is 0.317. The number of hydrogen-bond acceptors (Lipinski definition) is 1. The van der Waals surface area contributed by atoms with Gasteiger partial charge in [-0.3, -0.25) is 0 Å². The Hall–Kier alpha value is -0.300. The Morgan fingerprint density at radius 2 is 1.27 bits per heavy atom. The van der Waals surface area contributed by atoms with E-state index in [9.17, 15) is 0 Å². The Kier molecular flexibility index (Phi) is 16.8. The third-order valence-electron chi connectivity index (χ3n) is 4.44. The summed E-state index contributed by atoms with van der Waals surface area (Å²) in [5, 5.41) is 0. The van der Waals surface area contributed by atoms with Gasteiger partial charge in [-0.2, -0.15) is 0 Å². The first-order valence-corrected chi connectivity index (χ1v) is 10.0. The highest BCUT2D eigenvalue weighted by Crippen LogP contribution is 2.19. The first kappa shape index (κ1) is 21.7. The van der Waals surface area contributed by atoms with Gasteiger partial charge in [0.05, 0.1) is 6.10 Å². The number of ether oxygens (including phenoxy) is 1. The minimum Gasteiger partial charge on any atom is -0.374 e. The van der Waals surface area contributed by atoms with Gasteiger partial charge in [0, 0.05) is 6.61 Å². The fourth-order valence-corrected chi connectivity index (χ4v) is 2.84. The van der Waals surface area contributed by atoms with Gasteiger partial charge in [-0.1, -0.05) is 91.6 Å². The van der Waals surface area contributed by atoms with Crippen molar-refractivity contribution in [1.29, 1.82) is 0 Å². The van der Waals surface area contributed by atoms with Crippen molar-refractivity contribution in [3.63, 3.8) is 0 Å². The number of rotatable bonds is 17. The molecule has 0 aromatic rings. The topological polar surface area (TPSA) is 9.23 Å². The van der Waals surface area contributed by atoms with E-state index in [2.05, 4.69) is 27.4 Å². The van der Waals surface area contributed by atoms with Crippen molar-refractivity contribution >= 4 is 0 Å². The van der Waals surface area contributed by atoms with E-state index in [0.29, 0.717) is 6.10 Å². The molecular formula is C21H42O. The molecule has 1 unspecified atom stereocenters. The predicted molar refractivity (Wildman–Crippen MR) is 101 cm³/mol. The Balaban J connectivity index is 3.76. The lowest BCUT2D eigenvalue weighted by Crippen LogP contribution is -2.16. The molecule has 0 radical (unpaired) electrons. The maximum absolute atomic E-state index is 6.16. The molecule has 0 N–H and O–H groups in total. The molecule has 0 saturated heterocycles. The van der Waals surface area contributed by atoms with Gasteiger partial charge in [0.2, 0.25) is 0 Å². The summed E-state index contributed by atoms with van der Waals surface area (Å²) in [6, 6.07) is 0. The minimum atomic E-state index is 0.317. The van der Waals surface area contributed by atoms with Gasteiger partial charge >= 0.3 is 0 Å². The summed E-state index contributed by atoms with van der Waals surface area (Å²) >= 11 is 0. The summed E-state index contributed by atoms with van der Waals surface area (Å²) in [7, 11) is 0. The molecule has 0 saturated carbocycles. The maximum Gasteiger partial charge on any atom is 0.0782 e. The summed E-state index contributed by atoms with van der Waals surface area (Å²) in [5.74, 6) is 0. The molecule has 0 amide bonds. The molecule has 1 heteroatoms. The molecule has 132 valence electrons. The van der Waals surface area contributed by atoms with Crippen LogP contribution in [0.4, 0.5) is 0 Å². The second kappa shape index (κ2) is 17.1. The first-order chi connectivity index (χ1) is 10.8. The van der Waals surface area contributed by atoms with E-state index < -0.39 is 0 Å². The zero-order valence-electron chi connectivity index (χ0n) is 15.8. The molecule has 0 rings (SSSR count). The molecule has 22 heavy (non-hydrogen) atoms. The number of hydrogen-bond donors (Lipinski definition) is 0. The fraction of sp³-hybridized carbons (Fsp3) is 0.905. The van der Waals surface area contributed by atoms with Crippen LogP contribution in [0.15, 0.2) is 12.2 Å². The SMILES string of the molecule is C=C(CCCCC)C(CCCC)OCCCCCCCCC. The largest absolute Gasteiger partial charge is 0.374 e. The van der Waals surface area contributed by atoms with Crippen molar-refractivity contribution in [3.8, 4) is 0 Å². The van der Waals surface area contributed by atoms with Crippen molar-refractivity contribution < 1.29 is 4.74 Å². The van der Waals surface area contributed by atoms with Gasteiger partial charge in [-0.05, 0) is 31.3 Å². The fourth-order valence-electron chi connectivity index (χ4n) is 2.84. The van der Waals surface area contributed by atoms with Gasteiger partial charge in [-0.25, -0.2) is 0 Å². The van der Waals surface area contributed by atoms with Crippen LogP contribution < -0.4 is 0 Å². The molecule has 0 aliphatic heterocycles. The van der Waals surface area contributed by atoms with Crippen LogP contribution in [0.2, 0.25) is 0 Å². The maximum atomic E-state index is 6.16. The highest BCUT2D eigenvalue weighted by molar-refractivity contribution is 5.02. The van der Waals surface area contributed by atoms with Crippen molar-refractivity contribution in [1.82, 2.24) is 0 Å². The van der Waals surface area contributed by atoms with E-state index in [1.54, 1.807) is 0 Å². The second-order valence-corrected chi connectivity index (χ2v) is 6.74. The second-order valence-electron chi connectivity index (χ2n) is 6.74. The Bertz CT molecular complexity index is 234. The standard InChI is InChI=1S/C21H42O/c1-5-8-11-12-13-14-16-19-22-21(18-10-7-3)20(4)17-15-9-6-2/h21H,4-19H2,1-3H3. The van der Waals surface area contributed by atoms with Gasteiger partial charge in [-0.15, -0.1) is 0 Å². The van der Waals surface area contributed by atoms with E-state index in [-0.39, 0.29) is 0 Å². The van der Waals surface area contributed by atoms with E-state index >= 15 is 0 Å². The lowest BCUT2D eigenvalue weighted by Gasteiger charge is -2.20. The van der Waals surface area contributed by atoms with Crippen LogP contribution in [-0.2, 0) is 4.74 Å². The van der Waals surface area contributed by atoms with Gasteiger partial charge in [0.15, 0.2) is 0 Å². The molecule has 0 heterocycles. The van der Waals surface area contributed by atoms with Crippen LogP contribution in [0.5, 0.6) is 0 Å². The summed E-state index contributed by atoms with van der Waals surface area (Å²) in [5.41, 5.74) is 1.34. The molecule has 0 spiro atoms. The molecule has 0 aliphatic rings. The van der Waals surface area contributed by atoms with E-state index in [1.165, 1.54) is 82.6 Å². The zero-order valence-corrected chi connectivity index (χ0v) is 15.8. The lowest BCUT2D eigenvalue weighted by atomic mass is 10.00. The summed E-state index contributed by atoms with van der Waals surface area (Å²) < 4.78 is 6.16. The molecule has 1 nitrogen and oxygen atoms in total. The van der Waals surface area contributed by atoms with Crippen LogP contribution in [0, 0.1) is 0 Å². The zero-order chi connectivity index (χ0) is 16.5. The third-order valence-corrected chi connectivity index (χ3v) is 4.44. The van der Waals surface area contributed by atoms with Gasteiger partial charge in [0.1, 0.15) is 0 Å². The summed E-state index contributed by atoms with van der Waals surface area (Å²) in [6.07, 6.45) is 18.5. The molecule has 0 aromatic carbocycles. The van der Waals surface area contributed by atoms with Gasteiger partial charge < -0.3 is 4.74 Å². The van der Waals surface area contributed by atoms with Crippen LogP contribution in [0.3, 0.4) is 0 Å². The molecule has 0 aliphatic carbocycles. The molecule has 0 aromatic heterocycles. The monoisotopic (exact) mass is 310 g/mol. The van der Waals surface area contributed by atoms with Crippen LogP contribution in [0.25, 0.3) is 0 Å². The highest BCUT2D eigenvalue weighted by Gasteiger charge is 2.12.